The Labute approximate surface area is 133 Å². The minimum absolute atomic E-state index is 0.174. The van der Waals surface area contributed by atoms with Gasteiger partial charge in [-0.25, -0.2) is 0 Å². The Bertz CT molecular complexity index is 369. The fourth-order valence-corrected chi connectivity index (χ4v) is 5.44. The van der Waals surface area contributed by atoms with E-state index in [0.717, 1.165) is 38.7 Å². The molecule has 2 fully saturated rings. The third-order valence-electron chi connectivity index (χ3n) is 5.78. The van der Waals surface area contributed by atoms with Gasteiger partial charge in [-0.3, -0.25) is 4.79 Å². The first-order valence-electron chi connectivity index (χ1n) is 8.35. The molecule has 2 rings (SSSR count). The normalized spacial score (nSPS) is 37.6. The number of carbonyl (C=O) groups is 1. The lowest BCUT2D eigenvalue weighted by Crippen LogP contribution is -2.39. The Morgan fingerprint density at radius 1 is 1.29 bits per heavy atom. The summed E-state index contributed by atoms with van der Waals surface area (Å²) in [6, 6.07) is 0. The van der Waals surface area contributed by atoms with Crippen LogP contribution in [-0.2, 0) is 9.53 Å². The predicted molar refractivity (Wildman–Crippen MR) is 87.7 cm³/mol. The molecule has 5 unspecified atom stereocenters. The van der Waals surface area contributed by atoms with Gasteiger partial charge in [0.25, 0.3) is 0 Å². The van der Waals surface area contributed by atoms with E-state index in [1.807, 2.05) is 11.8 Å². The first kappa shape index (κ1) is 17.1. The van der Waals surface area contributed by atoms with Gasteiger partial charge in [0.05, 0.1) is 12.0 Å². The molecule has 0 aromatic carbocycles. The summed E-state index contributed by atoms with van der Waals surface area (Å²) in [5, 5.41) is 10.3. The van der Waals surface area contributed by atoms with Crippen molar-refractivity contribution in [1.82, 2.24) is 0 Å². The van der Waals surface area contributed by atoms with E-state index in [9.17, 15) is 9.90 Å². The van der Waals surface area contributed by atoms with Crippen LogP contribution in [0.3, 0.4) is 0 Å². The molecule has 3 nitrogen and oxygen atoms in total. The monoisotopic (exact) mass is 314 g/mol. The number of carboxylic acid groups (broad SMARTS) is 1. The molecule has 1 N–H and O–H groups in total. The first-order chi connectivity index (χ1) is 9.85. The van der Waals surface area contributed by atoms with Crippen LogP contribution < -0.4 is 0 Å². The molecule has 0 aromatic rings. The highest BCUT2D eigenvalue weighted by Gasteiger charge is 2.42. The summed E-state index contributed by atoms with van der Waals surface area (Å²) in [5.41, 5.74) is 0.320. The molecule has 0 amide bonds. The third kappa shape index (κ3) is 3.95. The van der Waals surface area contributed by atoms with Crippen molar-refractivity contribution in [2.75, 3.05) is 6.61 Å². The zero-order chi connectivity index (χ0) is 15.6. The van der Waals surface area contributed by atoms with Crippen molar-refractivity contribution in [3.05, 3.63) is 0 Å². The molecular weight excluding hydrogens is 284 g/mol. The summed E-state index contributed by atoms with van der Waals surface area (Å²) < 4.78 is 5.65. The minimum atomic E-state index is -0.605. The number of aliphatic carboxylic acids is 1. The molecular formula is C17H30O3S. The second-order valence-electron chi connectivity index (χ2n) is 7.37. The summed E-state index contributed by atoms with van der Waals surface area (Å²) in [6.45, 7) is 9.87. The fourth-order valence-electron chi connectivity index (χ4n) is 3.68. The summed E-state index contributed by atoms with van der Waals surface area (Å²) in [4.78, 5) is 11.6. The Balaban J connectivity index is 2.06. The van der Waals surface area contributed by atoms with Gasteiger partial charge in [0.15, 0.2) is 0 Å². The van der Waals surface area contributed by atoms with Crippen molar-refractivity contribution >= 4 is 17.7 Å². The van der Waals surface area contributed by atoms with Gasteiger partial charge in [0.2, 0.25) is 0 Å². The van der Waals surface area contributed by atoms with Crippen LogP contribution in [0.4, 0.5) is 0 Å². The van der Waals surface area contributed by atoms with Crippen LogP contribution in [0.5, 0.6) is 0 Å². The van der Waals surface area contributed by atoms with Gasteiger partial charge in [-0.05, 0) is 43.9 Å². The number of hydrogen-bond donors (Lipinski definition) is 1. The number of hydrogen-bond acceptors (Lipinski definition) is 3. The molecule has 1 saturated heterocycles. The van der Waals surface area contributed by atoms with Crippen molar-refractivity contribution < 1.29 is 14.6 Å². The van der Waals surface area contributed by atoms with Crippen molar-refractivity contribution in [2.45, 2.75) is 76.4 Å². The van der Waals surface area contributed by atoms with E-state index in [4.69, 9.17) is 4.74 Å². The lowest BCUT2D eigenvalue weighted by Gasteiger charge is -2.42. The zero-order valence-electron chi connectivity index (χ0n) is 13.8. The smallest absolute Gasteiger partial charge is 0.307 e. The van der Waals surface area contributed by atoms with Crippen molar-refractivity contribution in [1.29, 1.82) is 0 Å². The number of carboxylic acids is 1. The van der Waals surface area contributed by atoms with Crippen LogP contribution in [0.2, 0.25) is 0 Å². The lowest BCUT2D eigenvalue weighted by molar-refractivity contribution is -0.143. The molecule has 1 heterocycles. The summed E-state index contributed by atoms with van der Waals surface area (Å²) in [6.07, 6.45) is 5.44. The largest absolute Gasteiger partial charge is 0.481 e. The Morgan fingerprint density at radius 2 is 2.00 bits per heavy atom. The average molecular weight is 314 g/mol. The summed E-state index contributed by atoms with van der Waals surface area (Å²) in [5.74, 6) is -0.133. The van der Waals surface area contributed by atoms with Gasteiger partial charge >= 0.3 is 5.97 Å². The van der Waals surface area contributed by atoms with Crippen molar-refractivity contribution in [2.24, 2.45) is 17.3 Å². The maximum absolute atomic E-state index is 11.6. The highest BCUT2D eigenvalue weighted by Crippen LogP contribution is 2.47. The van der Waals surface area contributed by atoms with E-state index in [0.29, 0.717) is 16.6 Å². The Morgan fingerprint density at radius 3 is 2.52 bits per heavy atom. The van der Waals surface area contributed by atoms with Crippen molar-refractivity contribution in [3.8, 4) is 0 Å². The number of rotatable bonds is 5. The molecule has 0 bridgehead atoms. The summed E-state index contributed by atoms with van der Waals surface area (Å²) in [7, 11) is 0. The van der Waals surface area contributed by atoms with Gasteiger partial charge in [-0.2, -0.15) is 11.8 Å². The molecule has 2 aliphatic rings. The van der Waals surface area contributed by atoms with Gasteiger partial charge in [0.1, 0.15) is 0 Å². The molecule has 0 spiro atoms. The average Bonchev–Trinajstić information content (AvgIpc) is 2.84. The van der Waals surface area contributed by atoms with E-state index < -0.39 is 5.97 Å². The Hall–Kier alpha value is -0.220. The van der Waals surface area contributed by atoms with E-state index in [1.54, 1.807) is 0 Å². The molecule has 122 valence electrons. The topological polar surface area (TPSA) is 46.5 Å². The lowest BCUT2D eigenvalue weighted by atomic mass is 9.67. The number of thioether (sulfide) groups is 1. The van der Waals surface area contributed by atoms with E-state index >= 15 is 0 Å². The third-order valence-corrected chi connectivity index (χ3v) is 7.62. The fraction of sp³-hybridized carbons (Fsp3) is 0.941. The standard InChI is InChI=1S/C17H30O3S/c1-5-17(3,4)12-6-7-13(16(18)19)15(10-12)21-14-8-9-20-11(14)2/h11-15H,5-10H2,1-4H3,(H,18,19). The molecule has 4 heteroatoms. The predicted octanol–water partition coefficient (Wildman–Crippen LogP) is 4.20. The molecule has 1 aliphatic heterocycles. The van der Waals surface area contributed by atoms with E-state index in [-0.39, 0.29) is 17.3 Å². The maximum Gasteiger partial charge on any atom is 0.307 e. The van der Waals surface area contributed by atoms with Gasteiger partial charge in [-0.15, -0.1) is 0 Å². The van der Waals surface area contributed by atoms with Crippen molar-refractivity contribution in [3.63, 3.8) is 0 Å². The quantitative estimate of drug-likeness (QED) is 0.826. The second kappa shape index (κ2) is 6.91. The van der Waals surface area contributed by atoms with Crippen LogP contribution in [0.15, 0.2) is 0 Å². The SMILES string of the molecule is CCC(C)(C)C1CCC(C(=O)O)C(SC2CCOC2C)C1. The molecule has 21 heavy (non-hydrogen) atoms. The van der Waals surface area contributed by atoms with Gasteiger partial charge in [-0.1, -0.05) is 27.2 Å². The van der Waals surface area contributed by atoms with Crippen LogP contribution in [0.1, 0.15) is 59.8 Å². The van der Waals surface area contributed by atoms with Gasteiger partial charge in [0, 0.05) is 17.1 Å². The second-order valence-corrected chi connectivity index (χ2v) is 8.86. The van der Waals surface area contributed by atoms with Crippen LogP contribution in [-0.4, -0.2) is 34.3 Å². The maximum atomic E-state index is 11.6. The first-order valence-corrected chi connectivity index (χ1v) is 9.29. The highest BCUT2D eigenvalue weighted by atomic mass is 32.2. The molecule has 5 atom stereocenters. The van der Waals surface area contributed by atoms with Crippen LogP contribution >= 0.6 is 11.8 Å². The Kier molecular flexibility index (Phi) is 5.64. The van der Waals surface area contributed by atoms with E-state index in [1.165, 1.54) is 0 Å². The van der Waals surface area contributed by atoms with E-state index in [2.05, 4.69) is 27.7 Å². The molecule has 0 radical (unpaired) electrons. The number of ether oxygens (including phenoxy) is 1. The molecule has 0 aromatic heterocycles. The van der Waals surface area contributed by atoms with Crippen LogP contribution in [0.25, 0.3) is 0 Å². The molecule has 1 aliphatic carbocycles. The molecule has 1 saturated carbocycles. The highest BCUT2D eigenvalue weighted by molar-refractivity contribution is 8.00. The van der Waals surface area contributed by atoms with Crippen LogP contribution in [0, 0.1) is 17.3 Å². The zero-order valence-corrected chi connectivity index (χ0v) is 14.6. The van der Waals surface area contributed by atoms with Gasteiger partial charge < -0.3 is 9.84 Å². The minimum Gasteiger partial charge on any atom is -0.481 e. The summed E-state index contributed by atoms with van der Waals surface area (Å²) >= 11 is 1.90.